The first-order valence-electron chi connectivity index (χ1n) is 17.4. The van der Waals surface area contributed by atoms with Gasteiger partial charge in [-0.05, 0) is 31.2 Å². The Morgan fingerprint density at radius 1 is 0.863 bits per heavy atom. The van der Waals surface area contributed by atoms with Gasteiger partial charge >= 0.3 is 0 Å². The number of amides is 6. The van der Waals surface area contributed by atoms with Crippen LogP contribution >= 0.6 is 0 Å². The Bertz CT molecular complexity index is 1460. The maximum Gasteiger partial charge on any atom is 0.243 e. The lowest BCUT2D eigenvalue weighted by Gasteiger charge is -2.27. The minimum atomic E-state index is -1.21. The van der Waals surface area contributed by atoms with Gasteiger partial charge in [0.2, 0.25) is 35.4 Å². The third kappa shape index (κ3) is 14.9. The smallest absolute Gasteiger partial charge is 0.243 e. The van der Waals surface area contributed by atoms with Gasteiger partial charge in [0.1, 0.15) is 24.2 Å². The molecule has 0 radical (unpaired) electrons. The van der Waals surface area contributed by atoms with E-state index in [0.717, 1.165) is 18.4 Å². The SMILES string of the molecule is CCCCCC(=O)N[C@H]1CCC(=O)NCCNC(=O)[C@H](CCCN=C(N)N)NC(=O)[C@@H](Cc2ccccc2)NC(=O)[C@H](Cc2cnc[nH]2)NC1=O. The zero-order chi connectivity index (χ0) is 37.0. The van der Waals surface area contributed by atoms with E-state index in [2.05, 4.69) is 46.9 Å². The summed E-state index contributed by atoms with van der Waals surface area (Å²) < 4.78 is 0. The van der Waals surface area contributed by atoms with Gasteiger partial charge in [-0.1, -0.05) is 50.1 Å². The fourth-order valence-corrected chi connectivity index (χ4v) is 5.42. The zero-order valence-corrected chi connectivity index (χ0v) is 29.0. The molecule has 17 heteroatoms. The molecule has 0 unspecified atom stereocenters. The van der Waals surface area contributed by atoms with Crippen molar-refractivity contribution in [3.8, 4) is 0 Å². The van der Waals surface area contributed by atoms with Crippen molar-refractivity contribution in [2.75, 3.05) is 19.6 Å². The molecule has 1 aliphatic rings. The summed E-state index contributed by atoms with van der Waals surface area (Å²) in [6, 6.07) is 4.52. The predicted molar refractivity (Wildman–Crippen MR) is 189 cm³/mol. The van der Waals surface area contributed by atoms with Crippen molar-refractivity contribution in [1.82, 2.24) is 41.9 Å². The molecule has 17 nitrogen and oxygen atoms in total. The van der Waals surface area contributed by atoms with E-state index in [4.69, 9.17) is 11.5 Å². The molecule has 6 amide bonds. The van der Waals surface area contributed by atoms with E-state index >= 15 is 0 Å². The number of H-pyrrole nitrogens is 1. The number of guanidine groups is 1. The van der Waals surface area contributed by atoms with Gasteiger partial charge in [-0.3, -0.25) is 33.8 Å². The molecule has 1 aromatic carbocycles. The van der Waals surface area contributed by atoms with Crippen molar-refractivity contribution in [3.05, 3.63) is 54.1 Å². The summed E-state index contributed by atoms with van der Waals surface area (Å²) in [5, 5.41) is 16.4. The van der Waals surface area contributed by atoms with E-state index in [0.29, 0.717) is 18.5 Å². The highest BCUT2D eigenvalue weighted by Crippen LogP contribution is 2.09. The van der Waals surface area contributed by atoms with Crippen LogP contribution in [0.15, 0.2) is 47.8 Å². The Balaban J connectivity index is 1.94. The molecule has 51 heavy (non-hydrogen) atoms. The fraction of sp³-hybridized carbons (Fsp3) is 0.529. The molecule has 3 rings (SSSR count). The lowest BCUT2D eigenvalue weighted by atomic mass is 10.0. The number of unbranched alkanes of at least 4 members (excludes halogenated alkanes) is 2. The summed E-state index contributed by atoms with van der Waals surface area (Å²) in [7, 11) is 0. The second-order valence-corrected chi connectivity index (χ2v) is 12.4. The Morgan fingerprint density at radius 3 is 2.24 bits per heavy atom. The van der Waals surface area contributed by atoms with Gasteiger partial charge in [0.05, 0.1) is 6.33 Å². The van der Waals surface area contributed by atoms with Crippen LogP contribution in [0, 0.1) is 0 Å². The number of nitrogens with zero attached hydrogens (tertiary/aromatic N) is 2. The van der Waals surface area contributed by atoms with E-state index in [1.54, 1.807) is 24.3 Å². The van der Waals surface area contributed by atoms with Crippen molar-refractivity contribution < 1.29 is 28.8 Å². The maximum atomic E-state index is 14.0. The summed E-state index contributed by atoms with van der Waals surface area (Å²) in [6.45, 7) is 2.37. The second-order valence-electron chi connectivity index (χ2n) is 12.4. The van der Waals surface area contributed by atoms with E-state index < -0.39 is 53.7 Å². The number of hydrogen-bond acceptors (Lipinski definition) is 8. The Hall–Kier alpha value is -5.48. The summed E-state index contributed by atoms with van der Waals surface area (Å²) in [5.74, 6) is -3.33. The highest BCUT2D eigenvalue weighted by Gasteiger charge is 2.32. The molecule has 0 saturated carbocycles. The average molecular weight is 710 g/mol. The Kier molecular flexibility index (Phi) is 16.9. The number of aliphatic imine (C=N–C) groups is 1. The molecule has 278 valence electrons. The van der Waals surface area contributed by atoms with Crippen LogP contribution in [-0.2, 0) is 41.6 Å². The molecule has 1 aromatic heterocycles. The molecular weight excluding hydrogens is 658 g/mol. The number of nitrogens with two attached hydrogens (primary N) is 2. The Morgan fingerprint density at radius 2 is 1.55 bits per heavy atom. The van der Waals surface area contributed by atoms with Gasteiger partial charge in [-0.2, -0.15) is 0 Å². The first-order chi connectivity index (χ1) is 24.5. The fourth-order valence-electron chi connectivity index (χ4n) is 5.42. The normalized spacial score (nSPS) is 21.1. The number of carbonyl (C=O) groups is 6. The van der Waals surface area contributed by atoms with E-state index in [1.807, 2.05) is 13.0 Å². The maximum absolute atomic E-state index is 14.0. The molecular formula is C34H51N11O6. The summed E-state index contributed by atoms with van der Waals surface area (Å²) in [6.07, 6.45) is 5.95. The number of imidazole rings is 1. The molecule has 4 atom stereocenters. The molecule has 0 aliphatic carbocycles. The van der Waals surface area contributed by atoms with Crippen LogP contribution in [0.3, 0.4) is 0 Å². The quantitative estimate of drug-likeness (QED) is 0.0685. The summed E-state index contributed by atoms with van der Waals surface area (Å²) >= 11 is 0. The van der Waals surface area contributed by atoms with E-state index in [9.17, 15) is 28.8 Å². The number of aromatic nitrogens is 2. The average Bonchev–Trinajstić information content (AvgIpc) is 3.62. The standard InChI is InChI=1S/C34H51N11O6/c1-2-3-5-12-29(47)42-25-13-14-28(46)38-16-17-39-30(48)24(11-8-15-40-34(35)36)43-32(50)26(18-22-9-6-4-7-10-22)44-33(51)27(45-31(25)49)19-23-20-37-21-41-23/h4,6-7,9-10,20-21,24-27H,2-3,5,8,11-19H2,1H3,(H,37,41)(H,38,46)(H,39,48)(H,42,47)(H,43,50)(H,44,51)(H,45,49)(H4,35,36,40)/t24-,25-,26+,27-/m0/s1. The van der Waals surface area contributed by atoms with Gasteiger partial charge in [-0.15, -0.1) is 0 Å². The van der Waals surface area contributed by atoms with E-state index in [-0.39, 0.29) is 70.0 Å². The van der Waals surface area contributed by atoms with Crippen LogP contribution < -0.4 is 43.4 Å². The minimum absolute atomic E-state index is 0.0231. The van der Waals surface area contributed by atoms with Crippen molar-refractivity contribution in [1.29, 1.82) is 0 Å². The topological polar surface area (TPSA) is 268 Å². The molecule has 1 aliphatic heterocycles. The number of nitrogens with one attached hydrogen (secondary N) is 7. The van der Waals surface area contributed by atoms with Crippen molar-refractivity contribution >= 4 is 41.4 Å². The van der Waals surface area contributed by atoms with Crippen LogP contribution in [0.25, 0.3) is 0 Å². The molecule has 0 bridgehead atoms. The second kappa shape index (κ2) is 21.6. The lowest BCUT2D eigenvalue weighted by molar-refractivity contribution is -0.135. The summed E-state index contributed by atoms with van der Waals surface area (Å²) in [5.41, 5.74) is 12.1. The lowest BCUT2D eigenvalue weighted by Crippen LogP contribution is -2.59. The van der Waals surface area contributed by atoms with Gasteiger partial charge in [-0.25, -0.2) is 4.98 Å². The highest BCUT2D eigenvalue weighted by atomic mass is 16.2. The monoisotopic (exact) mass is 709 g/mol. The molecule has 2 aromatic rings. The van der Waals surface area contributed by atoms with Gasteiger partial charge < -0.3 is 48.4 Å². The van der Waals surface area contributed by atoms with Crippen LogP contribution in [-0.4, -0.2) is 95.2 Å². The Labute approximate surface area is 297 Å². The number of rotatable bonds is 13. The first kappa shape index (κ1) is 40.0. The molecule has 1 fully saturated rings. The van der Waals surface area contributed by atoms with Crippen LogP contribution in [0.1, 0.15) is 69.5 Å². The largest absolute Gasteiger partial charge is 0.370 e. The third-order valence-electron chi connectivity index (χ3n) is 8.17. The number of benzene rings is 1. The molecule has 0 spiro atoms. The first-order valence-corrected chi connectivity index (χ1v) is 17.4. The molecule has 2 heterocycles. The van der Waals surface area contributed by atoms with Gasteiger partial charge in [0.15, 0.2) is 5.96 Å². The predicted octanol–water partition coefficient (Wildman–Crippen LogP) is -1.21. The number of aromatic amines is 1. The minimum Gasteiger partial charge on any atom is -0.370 e. The molecule has 1 saturated heterocycles. The van der Waals surface area contributed by atoms with Gasteiger partial charge in [0, 0.05) is 57.2 Å². The number of hydrogen-bond donors (Lipinski definition) is 9. The van der Waals surface area contributed by atoms with E-state index in [1.165, 1.54) is 12.5 Å². The van der Waals surface area contributed by atoms with Crippen molar-refractivity contribution in [3.63, 3.8) is 0 Å². The van der Waals surface area contributed by atoms with Crippen molar-refractivity contribution in [2.24, 2.45) is 16.5 Å². The van der Waals surface area contributed by atoms with Crippen molar-refractivity contribution in [2.45, 2.75) is 95.3 Å². The zero-order valence-electron chi connectivity index (χ0n) is 29.0. The third-order valence-corrected chi connectivity index (χ3v) is 8.17. The summed E-state index contributed by atoms with van der Waals surface area (Å²) in [4.78, 5) is 91.3. The number of carbonyl (C=O) groups excluding carboxylic acids is 6. The molecule has 11 N–H and O–H groups in total. The van der Waals surface area contributed by atoms with Crippen LogP contribution in [0.5, 0.6) is 0 Å². The highest BCUT2D eigenvalue weighted by molar-refractivity contribution is 5.96. The van der Waals surface area contributed by atoms with Gasteiger partial charge in [0.25, 0.3) is 0 Å². The van der Waals surface area contributed by atoms with Crippen LogP contribution in [0.4, 0.5) is 0 Å². The van der Waals surface area contributed by atoms with Crippen LogP contribution in [0.2, 0.25) is 0 Å².